The van der Waals surface area contributed by atoms with Crippen molar-refractivity contribution in [2.75, 3.05) is 24.7 Å². The van der Waals surface area contributed by atoms with Gasteiger partial charge < -0.3 is 19.6 Å². The highest BCUT2D eigenvalue weighted by Crippen LogP contribution is 2.69. The molecule has 7 nitrogen and oxygen atoms in total. The molecule has 1 aromatic rings. The van der Waals surface area contributed by atoms with Crippen molar-refractivity contribution in [2.24, 2.45) is 23.7 Å². The Balaban J connectivity index is 1.81. The molecule has 9 heteroatoms. The Morgan fingerprint density at radius 2 is 2.03 bits per heavy atom. The van der Waals surface area contributed by atoms with Crippen molar-refractivity contribution in [3.8, 4) is 0 Å². The number of ether oxygens (including phenoxy) is 1. The van der Waals surface area contributed by atoms with Gasteiger partial charge in [0.1, 0.15) is 6.04 Å². The number of carbonyl (C=O) groups excluding carboxylic acids is 3. The minimum absolute atomic E-state index is 0.00597. The first-order chi connectivity index (χ1) is 18.6. The van der Waals surface area contributed by atoms with Crippen molar-refractivity contribution in [3.63, 3.8) is 0 Å². The Kier molecular flexibility index (Phi) is 9.19. The zero-order valence-electron chi connectivity index (χ0n) is 22.9. The molecule has 4 rings (SSSR count). The monoisotopic (exact) mass is 574 g/mol. The van der Waals surface area contributed by atoms with E-state index in [1.807, 2.05) is 19.9 Å². The van der Waals surface area contributed by atoms with E-state index in [9.17, 15) is 19.5 Å². The maximum Gasteiger partial charge on any atom is 0.310 e. The van der Waals surface area contributed by atoms with E-state index in [0.29, 0.717) is 23.6 Å². The second-order valence-corrected chi connectivity index (χ2v) is 13.0. The summed E-state index contributed by atoms with van der Waals surface area (Å²) >= 11 is 8.13. The van der Waals surface area contributed by atoms with Crippen LogP contribution in [0.15, 0.2) is 49.6 Å². The molecule has 0 saturated carbocycles. The van der Waals surface area contributed by atoms with E-state index < -0.39 is 28.7 Å². The molecule has 1 N–H and O–H groups in total. The normalized spacial score (nSPS) is 29.8. The number of amides is 2. The van der Waals surface area contributed by atoms with E-state index in [0.717, 1.165) is 6.42 Å². The lowest BCUT2D eigenvalue weighted by atomic mass is 9.66. The zero-order valence-corrected chi connectivity index (χ0v) is 24.5. The van der Waals surface area contributed by atoms with Crippen LogP contribution in [0.25, 0.3) is 0 Å². The van der Waals surface area contributed by atoms with Gasteiger partial charge in [0.2, 0.25) is 5.91 Å². The number of fused-ring (bicyclic) bond motifs is 1. The summed E-state index contributed by atoms with van der Waals surface area (Å²) < 4.78 is 4.83. The van der Waals surface area contributed by atoms with Gasteiger partial charge in [-0.15, -0.1) is 24.9 Å². The third kappa shape index (κ3) is 4.93. The number of benzene rings is 1. The number of rotatable bonds is 12. The average molecular weight is 575 g/mol. The van der Waals surface area contributed by atoms with Crippen LogP contribution in [0.4, 0.5) is 5.69 Å². The molecule has 0 aromatic heterocycles. The minimum Gasteiger partial charge on any atom is -0.465 e. The number of allylic oxidation sites excluding steroid dienone is 1. The number of halogens is 1. The third-order valence-electron chi connectivity index (χ3n) is 8.52. The number of para-hydroxylation sites is 1. The summed E-state index contributed by atoms with van der Waals surface area (Å²) in [5, 5.41) is 10.8. The smallest absolute Gasteiger partial charge is 0.310 e. The van der Waals surface area contributed by atoms with Crippen LogP contribution in [0, 0.1) is 23.7 Å². The van der Waals surface area contributed by atoms with E-state index in [1.54, 1.807) is 51.9 Å². The maximum atomic E-state index is 14.7. The number of likely N-dealkylation sites (tertiary alicyclic amines) is 1. The SMILES string of the molecule is C=CCCCOC(=O)[C@@H]1[C@H]2C(=O)N([C@@H](CO)C(C)C)C(C(=O)N(CC=C)c3ccccc3Cl)C23S[C@@H]1CC3C. The van der Waals surface area contributed by atoms with E-state index in [-0.39, 0.29) is 54.6 Å². The molecule has 3 heterocycles. The molecule has 1 aromatic carbocycles. The highest BCUT2D eigenvalue weighted by molar-refractivity contribution is 8.02. The first kappa shape index (κ1) is 29.7. The molecule has 2 amide bonds. The van der Waals surface area contributed by atoms with Gasteiger partial charge in [-0.1, -0.05) is 56.7 Å². The molecule has 212 valence electrons. The molecule has 1 spiro atoms. The Hall–Kier alpha value is -2.29. The molecular formula is C30H39ClN2O5S. The van der Waals surface area contributed by atoms with Crippen LogP contribution < -0.4 is 4.90 Å². The molecular weight excluding hydrogens is 536 g/mol. The molecule has 3 unspecified atom stereocenters. The molecule has 39 heavy (non-hydrogen) atoms. The standard InChI is InChI=1S/C30H39ClN2O5S/c1-6-8-11-15-38-29(37)24-23-16-19(5)30(39-23)25(24)27(35)33(22(17-34)18(3)4)26(30)28(36)32(14-7-2)21-13-10-9-12-20(21)31/h6-7,9-10,12-13,18-19,22-26,34H,1-2,8,11,14-17H2,3-5H3/t19?,22-,23+,24-,25-,26?,30?/m0/s1. The Morgan fingerprint density at radius 1 is 1.31 bits per heavy atom. The average Bonchev–Trinajstić information content (AvgIpc) is 3.49. The molecule has 3 saturated heterocycles. The van der Waals surface area contributed by atoms with Gasteiger partial charge in [0.05, 0.1) is 46.5 Å². The summed E-state index contributed by atoms with van der Waals surface area (Å²) in [6, 6.07) is 5.64. The van der Waals surface area contributed by atoms with Crippen LogP contribution in [0.5, 0.6) is 0 Å². The highest BCUT2D eigenvalue weighted by atomic mass is 35.5. The number of esters is 1. The summed E-state index contributed by atoms with van der Waals surface area (Å²) in [5.41, 5.74) is 0.532. The van der Waals surface area contributed by atoms with Crippen LogP contribution in [0.3, 0.4) is 0 Å². The molecule has 2 bridgehead atoms. The summed E-state index contributed by atoms with van der Waals surface area (Å²) in [6.45, 7) is 13.7. The second-order valence-electron chi connectivity index (χ2n) is 11.1. The predicted octanol–water partition coefficient (Wildman–Crippen LogP) is 4.72. The first-order valence-electron chi connectivity index (χ1n) is 13.7. The van der Waals surface area contributed by atoms with Crippen LogP contribution in [-0.4, -0.2) is 69.6 Å². The fraction of sp³-hybridized carbons (Fsp3) is 0.567. The molecule has 3 aliphatic rings. The van der Waals surface area contributed by atoms with Gasteiger partial charge in [-0.3, -0.25) is 14.4 Å². The van der Waals surface area contributed by atoms with Crippen molar-refractivity contribution in [3.05, 3.63) is 54.6 Å². The Morgan fingerprint density at radius 3 is 2.64 bits per heavy atom. The molecule has 0 aliphatic carbocycles. The van der Waals surface area contributed by atoms with Gasteiger partial charge in [0.15, 0.2) is 0 Å². The number of aliphatic hydroxyl groups excluding tert-OH is 1. The third-order valence-corrected chi connectivity index (χ3v) is 10.9. The predicted molar refractivity (Wildman–Crippen MR) is 156 cm³/mol. The summed E-state index contributed by atoms with van der Waals surface area (Å²) in [6.07, 6.45) is 5.52. The lowest BCUT2D eigenvalue weighted by Gasteiger charge is -2.42. The van der Waals surface area contributed by atoms with Gasteiger partial charge in [0.25, 0.3) is 5.91 Å². The van der Waals surface area contributed by atoms with Crippen LogP contribution in [0.2, 0.25) is 5.02 Å². The number of hydrogen-bond donors (Lipinski definition) is 1. The molecule has 3 fully saturated rings. The second kappa shape index (κ2) is 12.1. The lowest BCUT2D eigenvalue weighted by molar-refractivity contribution is -0.155. The van der Waals surface area contributed by atoms with Crippen LogP contribution >= 0.6 is 23.4 Å². The topological polar surface area (TPSA) is 87.1 Å². The van der Waals surface area contributed by atoms with Crippen LogP contribution in [-0.2, 0) is 19.1 Å². The fourth-order valence-corrected chi connectivity index (χ4v) is 9.36. The molecule has 3 aliphatic heterocycles. The summed E-state index contributed by atoms with van der Waals surface area (Å²) in [7, 11) is 0. The van der Waals surface area contributed by atoms with Crippen molar-refractivity contribution < 1.29 is 24.2 Å². The quantitative estimate of drug-likeness (QED) is 0.221. The number of thioether (sulfide) groups is 1. The molecule has 0 radical (unpaired) electrons. The number of aliphatic hydroxyl groups is 1. The minimum atomic E-state index is -0.880. The fourth-order valence-electron chi connectivity index (χ4n) is 6.74. The number of hydrogen-bond acceptors (Lipinski definition) is 6. The largest absolute Gasteiger partial charge is 0.465 e. The van der Waals surface area contributed by atoms with Crippen LogP contribution in [0.1, 0.15) is 40.0 Å². The molecule has 7 atom stereocenters. The van der Waals surface area contributed by atoms with E-state index in [1.165, 1.54) is 0 Å². The van der Waals surface area contributed by atoms with E-state index in [4.69, 9.17) is 16.3 Å². The number of nitrogens with zero attached hydrogens (tertiary/aromatic N) is 2. The van der Waals surface area contributed by atoms with Gasteiger partial charge in [-0.25, -0.2) is 0 Å². The Bertz CT molecular complexity index is 1130. The van der Waals surface area contributed by atoms with Gasteiger partial charge >= 0.3 is 5.97 Å². The number of anilines is 1. The van der Waals surface area contributed by atoms with Crippen molar-refractivity contribution in [2.45, 2.75) is 62.1 Å². The zero-order chi connectivity index (χ0) is 28.5. The number of unbranched alkanes of at least 4 members (excludes halogenated alkanes) is 1. The van der Waals surface area contributed by atoms with Gasteiger partial charge in [0, 0.05) is 11.8 Å². The lowest BCUT2D eigenvalue weighted by Crippen LogP contribution is -2.60. The Labute approximate surface area is 240 Å². The number of carbonyl (C=O) groups is 3. The highest BCUT2D eigenvalue weighted by Gasteiger charge is 2.77. The van der Waals surface area contributed by atoms with Crippen molar-refractivity contribution in [1.29, 1.82) is 0 Å². The summed E-state index contributed by atoms with van der Waals surface area (Å²) in [4.78, 5) is 45.7. The van der Waals surface area contributed by atoms with Gasteiger partial charge in [-0.05, 0) is 43.2 Å². The first-order valence-corrected chi connectivity index (χ1v) is 15.0. The van der Waals surface area contributed by atoms with Crippen molar-refractivity contribution >= 4 is 46.8 Å². The maximum absolute atomic E-state index is 14.7. The van der Waals surface area contributed by atoms with E-state index >= 15 is 0 Å². The summed E-state index contributed by atoms with van der Waals surface area (Å²) in [5.74, 6) is -2.38. The van der Waals surface area contributed by atoms with Crippen molar-refractivity contribution in [1.82, 2.24) is 4.90 Å². The van der Waals surface area contributed by atoms with E-state index in [2.05, 4.69) is 20.1 Å². The van der Waals surface area contributed by atoms with Gasteiger partial charge in [-0.2, -0.15) is 0 Å².